The Morgan fingerprint density at radius 3 is 1.68 bits per heavy atom. The van der Waals surface area contributed by atoms with E-state index in [9.17, 15) is 4.79 Å². The molecule has 0 bridgehead atoms. The lowest BCUT2D eigenvalue weighted by atomic mass is 10.1. The van der Waals surface area contributed by atoms with Gasteiger partial charge in [-0.15, -0.1) is 0 Å². The van der Waals surface area contributed by atoms with E-state index >= 15 is 0 Å². The summed E-state index contributed by atoms with van der Waals surface area (Å²) in [6.45, 7) is 4.60. The summed E-state index contributed by atoms with van der Waals surface area (Å²) in [5.74, 6) is -0.0939. The minimum absolute atomic E-state index is 0.0939. The fourth-order valence-electron chi connectivity index (χ4n) is 2.85. The summed E-state index contributed by atoms with van der Waals surface area (Å²) in [6.07, 6.45) is 27.6. The molecule has 0 radical (unpaired) electrons. The van der Waals surface area contributed by atoms with Crippen LogP contribution in [0.25, 0.3) is 0 Å². The van der Waals surface area contributed by atoms with Crippen LogP contribution in [0.1, 0.15) is 110 Å². The van der Waals surface area contributed by atoms with Gasteiger partial charge in [-0.1, -0.05) is 89.0 Å². The third kappa shape index (κ3) is 20.9. The van der Waals surface area contributed by atoms with Crippen molar-refractivity contribution in [2.45, 2.75) is 110 Å². The Balaban J connectivity index is 3.21. The van der Waals surface area contributed by atoms with Crippen LogP contribution < -0.4 is 0 Å². The summed E-state index contributed by atoms with van der Waals surface area (Å²) in [5.41, 5.74) is 0. The average molecular weight is 351 g/mol. The molecule has 0 heterocycles. The molecule has 0 aliphatic carbocycles. The predicted molar refractivity (Wildman–Crippen MR) is 110 cm³/mol. The maximum atomic E-state index is 11.1. The molecule has 0 atom stereocenters. The molecule has 0 saturated carbocycles. The van der Waals surface area contributed by atoms with Crippen LogP contribution in [0, 0.1) is 0 Å². The molecule has 2 nitrogen and oxygen atoms in total. The van der Waals surface area contributed by atoms with Crippen molar-refractivity contribution in [2.24, 2.45) is 0 Å². The van der Waals surface area contributed by atoms with Crippen molar-refractivity contribution in [3.8, 4) is 0 Å². The van der Waals surface area contributed by atoms with E-state index in [1.165, 1.54) is 70.6 Å². The molecule has 0 aliphatic rings. The van der Waals surface area contributed by atoms with Crippen molar-refractivity contribution in [3.63, 3.8) is 0 Å². The molecule has 0 amide bonds. The normalized spacial score (nSPS) is 11.6. The van der Waals surface area contributed by atoms with Crippen molar-refractivity contribution in [1.29, 1.82) is 0 Å². The smallest absolute Gasteiger partial charge is 0.306 e. The molecule has 25 heavy (non-hydrogen) atoms. The summed E-state index contributed by atoms with van der Waals surface area (Å²) in [7, 11) is 0. The molecule has 0 fully saturated rings. The molecule has 0 N–H and O–H groups in total. The van der Waals surface area contributed by atoms with E-state index in [1.54, 1.807) is 0 Å². The topological polar surface area (TPSA) is 26.3 Å². The highest BCUT2D eigenvalue weighted by Crippen LogP contribution is 2.11. The molecule has 2 heteroatoms. The van der Waals surface area contributed by atoms with Crippen LogP contribution in [0.4, 0.5) is 0 Å². The van der Waals surface area contributed by atoms with Gasteiger partial charge in [-0.3, -0.25) is 4.79 Å². The van der Waals surface area contributed by atoms with E-state index in [1.807, 2.05) is 6.92 Å². The molecule has 0 aromatic heterocycles. The van der Waals surface area contributed by atoms with Crippen molar-refractivity contribution in [3.05, 3.63) is 24.3 Å². The fourth-order valence-corrected chi connectivity index (χ4v) is 2.85. The molecule has 0 aromatic carbocycles. The Labute approximate surface area is 157 Å². The highest BCUT2D eigenvalue weighted by molar-refractivity contribution is 5.69. The van der Waals surface area contributed by atoms with Crippen molar-refractivity contribution in [1.82, 2.24) is 0 Å². The first-order valence-corrected chi connectivity index (χ1v) is 10.8. The van der Waals surface area contributed by atoms with E-state index in [0.29, 0.717) is 13.0 Å². The zero-order valence-electron chi connectivity index (χ0n) is 16.9. The molecule has 0 spiro atoms. The number of hydrogen-bond donors (Lipinski definition) is 0. The first-order chi connectivity index (χ1) is 12.3. The lowest BCUT2D eigenvalue weighted by Gasteiger charge is -2.01. The maximum absolute atomic E-state index is 11.1. The van der Waals surface area contributed by atoms with Crippen molar-refractivity contribution < 1.29 is 9.53 Å². The van der Waals surface area contributed by atoms with Gasteiger partial charge in [0.15, 0.2) is 0 Å². The Kier molecular flexibility index (Phi) is 20.1. The predicted octanol–water partition coefficient (Wildman–Crippen LogP) is 7.53. The standard InChI is InChI=1S/C23H42O2/c1-3-5-6-7-8-9-10-11-12-13-14-15-16-17-18-19-20-21-22-23(24)25-4-2/h15-16,19-20H,3-14,17-18,21-22H2,1-2H3/b16-15+,20-19+. The van der Waals surface area contributed by atoms with Gasteiger partial charge >= 0.3 is 5.97 Å². The summed E-state index contributed by atoms with van der Waals surface area (Å²) in [5, 5.41) is 0. The van der Waals surface area contributed by atoms with Gasteiger partial charge in [-0.25, -0.2) is 0 Å². The zero-order valence-corrected chi connectivity index (χ0v) is 16.9. The number of hydrogen-bond acceptors (Lipinski definition) is 2. The quantitative estimate of drug-likeness (QED) is 0.145. The van der Waals surface area contributed by atoms with Gasteiger partial charge in [0.1, 0.15) is 0 Å². The van der Waals surface area contributed by atoms with Crippen LogP contribution in [-0.4, -0.2) is 12.6 Å². The summed E-state index contributed by atoms with van der Waals surface area (Å²) >= 11 is 0. The van der Waals surface area contributed by atoms with Gasteiger partial charge in [-0.2, -0.15) is 0 Å². The Morgan fingerprint density at radius 2 is 1.12 bits per heavy atom. The third-order valence-electron chi connectivity index (χ3n) is 4.38. The molecule has 0 saturated heterocycles. The molecule has 0 aromatic rings. The van der Waals surface area contributed by atoms with Crippen LogP contribution in [0.3, 0.4) is 0 Å². The second-order valence-corrected chi connectivity index (χ2v) is 6.83. The number of carbonyl (C=O) groups excluding carboxylic acids is 1. The van der Waals surface area contributed by atoms with Crippen LogP contribution in [-0.2, 0) is 9.53 Å². The SMILES string of the molecule is CCCCCCCCCCCC/C=C/CC/C=C/CCC(=O)OCC. The first-order valence-electron chi connectivity index (χ1n) is 10.8. The van der Waals surface area contributed by atoms with Crippen LogP contribution in [0.5, 0.6) is 0 Å². The molecular formula is C23H42O2. The minimum atomic E-state index is -0.0939. The first kappa shape index (κ1) is 23.9. The van der Waals surface area contributed by atoms with Gasteiger partial charge in [-0.05, 0) is 39.0 Å². The lowest BCUT2D eigenvalue weighted by Crippen LogP contribution is -2.02. The molecule has 146 valence electrons. The number of rotatable bonds is 18. The van der Waals surface area contributed by atoms with E-state index in [-0.39, 0.29) is 5.97 Å². The van der Waals surface area contributed by atoms with E-state index in [2.05, 4.69) is 31.2 Å². The molecule has 0 unspecified atom stereocenters. The average Bonchev–Trinajstić information content (AvgIpc) is 2.61. The minimum Gasteiger partial charge on any atom is -0.466 e. The van der Waals surface area contributed by atoms with Gasteiger partial charge in [0.25, 0.3) is 0 Å². The van der Waals surface area contributed by atoms with Crippen LogP contribution in [0.15, 0.2) is 24.3 Å². The van der Waals surface area contributed by atoms with E-state index in [0.717, 1.165) is 19.3 Å². The second-order valence-electron chi connectivity index (χ2n) is 6.83. The number of esters is 1. The van der Waals surface area contributed by atoms with Gasteiger partial charge in [0, 0.05) is 6.42 Å². The molecule has 0 rings (SSSR count). The van der Waals surface area contributed by atoms with Gasteiger partial charge in [0.05, 0.1) is 6.61 Å². The van der Waals surface area contributed by atoms with Gasteiger partial charge < -0.3 is 4.74 Å². The third-order valence-corrected chi connectivity index (χ3v) is 4.38. The number of unbranched alkanes of at least 4 members (excludes halogenated alkanes) is 11. The monoisotopic (exact) mass is 350 g/mol. The fraction of sp³-hybridized carbons (Fsp3) is 0.783. The second kappa shape index (κ2) is 21.0. The largest absolute Gasteiger partial charge is 0.466 e. The van der Waals surface area contributed by atoms with Crippen molar-refractivity contribution in [2.75, 3.05) is 6.61 Å². The van der Waals surface area contributed by atoms with Gasteiger partial charge in [0.2, 0.25) is 0 Å². The van der Waals surface area contributed by atoms with E-state index in [4.69, 9.17) is 4.74 Å². The lowest BCUT2D eigenvalue weighted by molar-refractivity contribution is -0.142. The van der Waals surface area contributed by atoms with Crippen LogP contribution in [0.2, 0.25) is 0 Å². The summed E-state index contributed by atoms with van der Waals surface area (Å²) < 4.78 is 4.89. The highest BCUT2D eigenvalue weighted by atomic mass is 16.5. The number of carbonyl (C=O) groups is 1. The number of allylic oxidation sites excluding steroid dienone is 4. The molecular weight excluding hydrogens is 308 g/mol. The highest BCUT2D eigenvalue weighted by Gasteiger charge is 1.97. The number of ether oxygens (including phenoxy) is 1. The van der Waals surface area contributed by atoms with Crippen molar-refractivity contribution >= 4 is 5.97 Å². The summed E-state index contributed by atoms with van der Waals surface area (Å²) in [4.78, 5) is 11.1. The Bertz CT molecular complexity index is 331. The maximum Gasteiger partial charge on any atom is 0.306 e. The Morgan fingerprint density at radius 1 is 0.640 bits per heavy atom. The zero-order chi connectivity index (χ0) is 18.4. The van der Waals surface area contributed by atoms with E-state index < -0.39 is 0 Å². The molecule has 0 aliphatic heterocycles. The van der Waals surface area contributed by atoms with Crippen LogP contribution >= 0.6 is 0 Å². The Hall–Kier alpha value is -1.05. The summed E-state index contributed by atoms with van der Waals surface area (Å²) in [6, 6.07) is 0.